The van der Waals surface area contributed by atoms with E-state index in [0.717, 1.165) is 18.9 Å². The van der Waals surface area contributed by atoms with Gasteiger partial charge < -0.3 is 15.7 Å². The molecule has 19 heavy (non-hydrogen) atoms. The minimum absolute atomic E-state index is 0.240. The topological polar surface area (TPSA) is 83.6 Å². The van der Waals surface area contributed by atoms with E-state index in [1.54, 1.807) is 4.90 Å². The standard InChI is InChI=1S/C13H15FN2O3/c14-8-4-3-6-9(11(8)12(15)17)16-7-2-1-5-10(16)13(18)19/h3-4,6,10H,1-2,5,7H2,(H2,15,17)(H,18,19). The maximum Gasteiger partial charge on any atom is 0.326 e. The molecule has 0 aromatic heterocycles. The zero-order valence-electron chi connectivity index (χ0n) is 10.3. The summed E-state index contributed by atoms with van der Waals surface area (Å²) in [5.74, 6) is -2.58. The van der Waals surface area contributed by atoms with Crippen LogP contribution >= 0.6 is 0 Å². The predicted molar refractivity (Wildman–Crippen MR) is 67.5 cm³/mol. The van der Waals surface area contributed by atoms with Gasteiger partial charge in [-0.05, 0) is 31.4 Å². The monoisotopic (exact) mass is 266 g/mol. The Morgan fingerprint density at radius 2 is 2.11 bits per heavy atom. The summed E-state index contributed by atoms with van der Waals surface area (Å²) in [7, 11) is 0. The lowest BCUT2D eigenvalue weighted by Gasteiger charge is -2.35. The first-order valence-corrected chi connectivity index (χ1v) is 6.10. The molecule has 5 nitrogen and oxygen atoms in total. The van der Waals surface area contributed by atoms with Gasteiger partial charge in [0.2, 0.25) is 0 Å². The van der Waals surface area contributed by atoms with Gasteiger partial charge in [-0.15, -0.1) is 0 Å². The lowest BCUT2D eigenvalue weighted by Crippen LogP contribution is -2.45. The normalized spacial score (nSPS) is 19.2. The average Bonchev–Trinajstić information content (AvgIpc) is 2.37. The zero-order valence-corrected chi connectivity index (χ0v) is 10.3. The first-order valence-electron chi connectivity index (χ1n) is 6.10. The third kappa shape index (κ3) is 2.52. The number of rotatable bonds is 3. The van der Waals surface area contributed by atoms with Gasteiger partial charge in [0.1, 0.15) is 11.9 Å². The molecule has 1 aromatic carbocycles. The number of primary amides is 1. The molecule has 0 bridgehead atoms. The van der Waals surface area contributed by atoms with Gasteiger partial charge in [-0.2, -0.15) is 0 Å². The Morgan fingerprint density at radius 1 is 1.37 bits per heavy atom. The number of nitrogens with zero attached hydrogens (tertiary/aromatic N) is 1. The number of aliphatic carboxylic acids is 1. The van der Waals surface area contributed by atoms with Crippen molar-refractivity contribution in [2.75, 3.05) is 11.4 Å². The van der Waals surface area contributed by atoms with E-state index in [9.17, 15) is 19.1 Å². The summed E-state index contributed by atoms with van der Waals surface area (Å²) in [6.45, 7) is 0.473. The van der Waals surface area contributed by atoms with Crippen LogP contribution in [-0.4, -0.2) is 29.6 Å². The smallest absolute Gasteiger partial charge is 0.326 e. The minimum atomic E-state index is -0.973. The van der Waals surface area contributed by atoms with E-state index >= 15 is 0 Å². The summed E-state index contributed by atoms with van der Waals surface area (Å²) >= 11 is 0. The van der Waals surface area contributed by atoms with Gasteiger partial charge in [0.05, 0.1) is 11.3 Å². The summed E-state index contributed by atoms with van der Waals surface area (Å²) in [5, 5.41) is 9.22. The van der Waals surface area contributed by atoms with Crippen molar-refractivity contribution >= 4 is 17.6 Å². The van der Waals surface area contributed by atoms with Crippen molar-refractivity contribution in [2.24, 2.45) is 5.73 Å². The summed E-state index contributed by atoms with van der Waals surface area (Å²) in [4.78, 5) is 24.2. The molecule has 1 heterocycles. The molecule has 1 amide bonds. The quantitative estimate of drug-likeness (QED) is 0.865. The number of halogens is 1. The molecule has 0 saturated carbocycles. The van der Waals surface area contributed by atoms with E-state index in [1.165, 1.54) is 12.1 Å². The van der Waals surface area contributed by atoms with Crippen molar-refractivity contribution in [3.05, 3.63) is 29.6 Å². The number of carbonyl (C=O) groups is 2. The number of carbonyl (C=O) groups excluding carboxylic acids is 1. The molecule has 1 saturated heterocycles. The van der Waals surface area contributed by atoms with Gasteiger partial charge in [-0.25, -0.2) is 9.18 Å². The summed E-state index contributed by atoms with van der Waals surface area (Å²) in [6, 6.07) is 3.38. The van der Waals surface area contributed by atoms with Crippen LogP contribution < -0.4 is 10.6 Å². The summed E-state index contributed by atoms with van der Waals surface area (Å²) < 4.78 is 13.7. The third-order valence-electron chi connectivity index (χ3n) is 3.34. The van der Waals surface area contributed by atoms with E-state index in [2.05, 4.69) is 0 Å². The Morgan fingerprint density at radius 3 is 2.74 bits per heavy atom. The average molecular weight is 266 g/mol. The molecule has 0 aliphatic carbocycles. The number of hydrogen-bond donors (Lipinski definition) is 2. The van der Waals surface area contributed by atoms with Crippen LogP contribution in [0.25, 0.3) is 0 Å². The number of carboxylic acids is 1. The fourth-order valence-corrected chi connectivity index (χ4v) is 2.47. The molecule has 2 rings (SSSR count). The molecule has 1 atom stereocenters. The second-order valence-corrected chi connectivity index (χ2v) is 4.54. The first kappa shape index (κ1) is 13.3. The molecule has 0 radical (unpaired) electrons. The van der Waals surface area contributed by atoms with Crippen molar-refractivity contribution in [3.8, 4) is 0 Å². The molecule has 3 N–H and O–H groups in total. The van der Waals surface area contributed by atoms with Gasteiger partial charge in [0, 0.05) is 6.54 Å². The molecule has 0 spiro atoms. The van der Waals surface area contributed by atoms with E-state index in [4.69, 9.17) is 5.73 Å². The number of nitrogens with two attached hydrogens (primary N) is 1. The number of hydrogen-bond acceptors (Lipinski definition) is 3. The number of benzene rings is 1. The van der Waals surface area contributed by atoms with E-state index < -0.39 is 23.7 Å². The van der Waals surface area contributed by atoms with E-state index in [0.29, 0.717) is 13.0 Å². The Bertz CT molecular complexity index is 519. The van der Waals surface area contributed by atoms with Crippen molar-refractivity contribution < 1.29 is 19.1 Å². The minimum Gasteiger partial charge on any atom is -0.480 e. The van der Waals surface area contributed by atoms with Crippen LogP contribution in [0.3, 0.4) is 0 Å². The lowest BCUT2D eigenvalue weighted by atomic mass is 9.99. The van der Waals surface area contributed by atoms with Gasteiger partial charge in [0.25, 0.3) is 5.91 Å². The second kappa shape index (κ2) is 5.26. The number of amides is 1. The third-order valence-corrected chi connectivity index (χ3v) is 3.34. The predicted octanol–water partition coefficient (Wildman–Crippen LogP) is 1.37. The molecule has 102 valence electrons. The molecular formula is C13H15FN2O3. The number of piperidine rings is 1. The highest BCUT2D eigenvalue weighted by Crippen LogP contribution is 2.29. The van der Waals surface area contributed by atoms with Crippen LogP contribution in [0.15, 0.2) is 18.2 Å². The highest BCUT2D eigenvalue weighted by molar-refractivity contribution is 5.99. The van der Waals surface area contributed by atoms with Gasteiger partial charge in [-0.1, -0.05) is 6.07 Å². The molecule has 1 fully saturated rings. The fourth-order valence-electron chi connectivity index (χ4n) is 2.47. The Labute approximate surface area is 109 Å². The molecule has 1 unspecified atom stereocenters. The van der Waals surface area contributed by atoms with Gasteiger partial charge in [0.15, 0.2) is 0 Å². The molecule has 1 aliphatic rings. The largest absolute Gasteiger partial charge is 0.480 e. The number of anilines is 1. The van der Waals surface area contributed by atoms with Crippen molar-refractivity contribution in [1.82, 2.24) is 0 Å². The molecular weight excluding hydrogens is 251 g/mol. The van der Waals surface area contributed by atoms with Crippen molar-refractivity contribution in [2.45, 2.75) is 25.3 Å². The van der Waals surface area contributed by atoms with Crippen molar-refractivity contribution in [1.29, 1.82) is 0 Å². The molecule has 1 aliphatic heterocycles. The lowest BCUT2D eigenvalue weighted by molar-refractivity contribution is -0.139. The summed E-state index contributed by atoms with van der Waals surface area (Å²) in [5.41, 5.74) is 5.21. The second-order valence-electron chi connectivity index (χ2n) is 4.54. The number of carboxylic acid groups (broad SMARTS) is 1. The Balaban J connectivity index is 2.47. The SMILES string of the molecule is NC(=O)c1c(F)cccc1N1CCCCC1C(=O)O. The summed E-state index contributed by atoms with van der Waals surface area (Å²) in [6.07, 6.45) is 2.08. The van der Waals surface area contributed by atoms with Crippen LogP contribution in [0.2, 0.25) is 0 Å². The van der Waals surface area contributed by atoms with Crippen LogP contribution in [-0.2, 0) is 4.79 Å². The van der Waals surface area contributed by atoms with Crippen LogP contribution in [0.4, 0.5) is 10.1 Å². The zero-order chi connectivity index (χ0) is 14.0. The highest BCUT2D eigenvalue weighted by Gasteiger charge is 2.31. The van der Waals surface area contributed by atoms with Crippen LogP contribution in [0, 0.1) is 5.82 Å². The maximum atomic E-state index is 13.7. The van der Waals surface area contributed by atoms with E-state index in [-0.39, 0.29) is 11.3 Å². The molecule has 1 aromatic rings. The van der Waals surface area contributed by atoms with Crippen LogP contribution in [0.1, 0.15) is 29.6 Å². The Kier molecular flexibility index (Phi) is 3.69. The fraction of sp³-hybridized carbons (Fsp3) is 0.385. The van der Waals surface area contributed by atoms with Gasteiger partial charge in [-0.3, -0.25) is 4.79 Å². The maximum absolute atomic E-state index is 13.7. The first-order chi connectivity index (χ1) is 9.02. The van der Waals surface area contributed by atoms with Crippen LogP contribution in [0.5, 0.6) is 0 Å². The van der Waals surface area contributed by atoms with Crippen molar-refractivity contribution in [3.63, 3.8) is 0 Å². The highest BCUT2D eigenvalue weighted by atomic mass is 19.1. The Hall–Kier alpha value is -2.11. The van der Waals surface area contributed by atoms with Gasteiger partial charge >= 0.3 is 5.97 Å². The molecule has 6 heteroatoms. The van der Waals surface area contributed by atoms with E-state index in [1.807, 2.05) is 0 Å².